The second-order valence-corrected chi connectivity index (χ2v) is 4.54. The fourth-order valence-electron chi connectivity index (χ4n) is 0.881. The van der Waals surface area contributed by atoms with Gasteiger partial charge in [0.2, 0.25) is 6.41 Å². The predicted octanol–water partition coefficient (Wildman–Crippen LogP) is 1.53. The van der Waals surface area contributed by atoms with Crippen LogP contribution in [0.3, 0.4) is 0 Å². The third kappa shape index (κ3) is 2.72. The van der Waals surface area contributed by atoms with E-state index in [1.807, 2.05) is 19.1 Å². The van der Waals surface area contributed by atoms with Crippen molar-refractivity contribution >= 4 is 33.7 Å². The van der Waals surface area contributed by atoms with Gasteiger partial charge in [-0.05, 0) is 13.0 Å². The number of hydrogen-bond acceptors (Lipinski definition) is 2. The van der Waals surface area contributed by atoms with Gasteiger partial charge in [0.05, 0.1) is 0 Å². The summed E-state index contributed by atoms with van der Waals surface area (Å²) in [7, 11) is 0. The summed E-state index contributed by atoms with van der Waals surface area (Å²) in [4.78, 5) is 10.7. The Hall–Kier alpha value is -0.520. The molecule has 0 aliphatic heterocycles. The number of hydrogen-bond donors (Lipinski definition) is 1. The predicted molar refractivity (Wildman–Crippen MR) is 54.5 cm³/mol. The normalized spacial score (nSPS) is 12.2. The van der Waals surface area contributed by atoms with Crippen molar-refractivity contribution < 1.29 is 9.35 Å². The number of rotatable bonds is 3. The Labute approximate surface area is 88.0 Å². The van der Waals surface area contributed by atoms with Gasteiger partial charge in [0, 0.05) is 16.1 Å². The van der Waals surface area contributed by atoms with E-state index in [1.165, 1.54) is 0 Å². The van der Waals surface area contributed by atoms with Crippen LogP contribution in [0.4, 0.5) is 0 Å². The molecule has 0 bridgehead atoms. The summed E-state index contributed by atoms with van der Waals surface area (Å²) in [5, 5.41) is 0. The summed E-state index contributed by atoms with van der Waals surface area (Å²) in [6.07, 6.45) is 0.427. The lowest BCUT2D eigenvalue weighted by molar-refractivity contribution is -0.108. The van der Waals surface area contributed by atoms with Crippen molar-refractivity contribution in [3.8, 4) is 0 Å². The molecule has 0 fully saturated rings. The molecule has 0 spiro atoms. The summed E-state index contributed by atoms with van der Waals surface area (Å²) in [5.41, 5.74) is 0.885. The first-order valence-corrected chi connectivity index (χ1v) is 5.47. The monoisotopic (exact) mass is 261 g/mol. The van der Waals surface area contributed by atoms with Crippen LogP contribution in [0.25, 0.3) is 0 Å². The van der Waals surface area contributed by atoms with Gasteiger partial charge in [-0.25, -0.2) is 0 Å². The summed E-state index contributed by atoms with van der Waals surface area (Å²) >= 11 is 1.81. The molecule has 13 heavy (non-hydrogen) atoms. The van der Waals surface area contributed by atoms with Crippen LogP contribution in [0.2, 0.25) is 0 Å². The molecular weight excluding hydrogens is 254 g/mol. The quantitative estimate of drug-likeness (QED) is 0.663. The first-order valence-electron chi connectivity index (χ1n) is 3.53. The number of nitrogens with one attached hydrogen (secondary N) is 1. The summed E-state index contributed by atoms with van der Waals surface area (Å²) in [5.74, 6) is 0. The van der Waals surface area contributed by atoms with Crippen molar-refractivity contribution in [2.75, 3.05) is 0 Å². The fourth-order valence-corrected chi connectivity index (χ4v) is 2.20. The fraction of sp³-hybridized carbons (Fsp3) is 0.125. The molecule has 0 saturated heterocycles. The first-order chi connectivity index (χ1) is 6.15. The molecule has 0 aromatic heterocycles. The molecule has 0 aliphatic rings. The Morgan fingerprint density at radius 3 is 2.92 bits per heavy atom. The van der Waals surface area contributed by atoms with Crippen molar-refractivity contribution in [1.82, 2.24) is 4.72 Å². The van der Waals surface area contributed by atoms with Crippen LogP contribution in [0.5, 0.6) is 0 Å². The number of amides is 1. The van der Waals surface area contributed by atoms with E-state index in [4.69, 9.17) is 0 Å². The number of aryl methyl sites for hydroxylation is 1. The summed E-state index contributed by atoms with van der Waals surface area (Å²) < 4.78 is 14.4. The van der Waals surface area contributed by atoms with Gasteiger partial charge in [0.1, 0.15) is 11.4 Å². The lowest BCUT2D eigenvalue weighted by Gasteiger charge is -2.09. The standard InChI is InChI=1S/C8H8BrNO2S/c1-6-2-3-7(9)4-8(6)13(12)10-5-11/h2-5H,1H3,(H,10,11). The lowest BCUT2D eigenvalue weighted by Crippen LogP contribution is -2.22. The van der Waals surface area contributed by atoms with Gasteiger partial charge < -0.3 is 4.55 Å². The average Bonchev–Trinajstić information content (AvgIpc) is 2.09. The minimum atomic E-state index is -1.45. The molecule has 3 nitrogen and oxygen atoms in total. The SMILES string of the molecule is Cc1ccc(Br)cc1[S+]([O-])NC=O. The van der Waals surface area contributed by atoms with Crippen LogP contribution in [-0.2, 0) is 16.2 Å². The minimum Gasteiger partial charge on any atom is -0.588 e. The Bertz CT molecular complexity index is 319. The molecule has 0 radical (unpaired) electrons. The third-order valence-corrected chi connectivity index (χ3v) is 3.15. The number of benzene rings is 1. The van der Waals surface area contributed by atoms with Crippen LogP contribution in [0.1, 0.15) is 5.56 Å². The van der Waals surface area contributed by atoms with Crippen LogP contribution in [-0.4, -0.2) is 11.0 Å². The summed E-state index contributed by atoms with van der Waals surface area (Å²) in [6.45, 7) is 1.84. The number of carbonyl (C=O) groups is 1. The van der Waals surface area contributed by atoms with E-state index in [0.717, 1.165) is 10.0 Å². The van der Waals surface area contributed by atoms with E-state index < -0.39 is 11.4 Å². The molecule has 5 heteroatoms. The molecule has 1 amide bonds. The van der Waals surface area contributed by atoms with Gasteiger partial charge in [-0.2, -0.15) is 4.72 Å². The van der Waals surface area contributed by atoms with E-state index >= 15 is 0 Å². The molecule has 1 atom stereocenters. The molecule has 0 aliphatic carbocycles. The second-order valence-electron chi connectivity index (χ2n) is 2.41. The van der Waals surface area contributed by atoms with Crippen molar-refractivity contribution in [3.63, 3.8) is 0 Å². The van der Waals surface area contributed by atoms with E-state index in [0.29, 0.717) is 11.3 Å². The molecule has 0 heterocycles. The Balaban J connectivity index is 2.97. The molecular formula is C8H8BrNO2S. The van der Waals surface area contributed by atoms with Gasteiger partial charge in [0.25, 0.3) is 0 Å². The third-order valence-electron chi connectivity index (χ3n) is 1.51. The number of halogens is 1. The highest BCUT2D eigenvalue weighted by molar-refractivity contribution is 9.10. The van der Waals surface area contributed by atoms with E-state index in [1.54, 1.807) is 6.07 Å². The van der Waals surface area contributed by atoms with Gasteiger partial charge in [-0.1, -0.05) is 22.0 Å². The average molecular weight is 262 g/mol. The van der Waals surface area contributed by atoms with Crippen molar-refractivity contribution in [2.45, 2.75) is 11.8 Å². The van der Waals surface area contributed by atoms with Gasteiger partial charge >= 0.3 is 0 Å². The number of carbonyl (C=O) groups excluding carboxylic acids is 1. The molecule has 1 rings (SSSR count). The van der Waals surface area contributed by atoms with E-state index in [2.05, 4.69) is 20.7 Å². The van der Waals surface area contributed by atoms with Crippen molar-refractivity contribution in [1.29, 1.82) is 0 Å². The van der Waals surface area contributed by atoms with Crippen molar-refractivity contribution in [2.24, 2.45) is 0 Å². The maximum Gasteiger partial charge on any atom is 0.249 e. The maximum absolute atomic E-state index is 11.4. The highest BCUT2D eigenvalue weighted by atomic mass is 79.9. The lowest BCUT2D eigenvalue weighted by atomic mass is 10.2. The maximum atomic E-state index is 11.4. The second kappa shape index (κ2) is 4.64. The Morgan fingerprint density at radius 1 is 1.62 bits per heavy atom. The zero-order valence-corrected chi connectivity index (χ0v) is 9.31. The molecule has 1 N–H and O–H groups in total. The molecule has 1 aromatic carbocycles. The zero-order valence-electron chi connectivity index (χ0n) is 6.91. The summed E-state index contributed by atoms with van der Waals surface area (Å²) in [6, 6.07) is 5.42. The molecule has 1 unspecified atom stereocenters. The Kier molecular flexibility index (Phi) is 3.77. The largest absolute Gasteiger partial charge is 0.588 e. The van der Waals surface area contributed by atoms with E-state index in [-0.39, 0.29) is 0 Å². The molecule has 70 valence electrons. The highest BCUT2D eigenvalue weighted by Crippen LogP contribution is 2.19. The first kappa shape index (κ1) is 10.6. The van der Waals surface area contributed by atoms with Crippen molar-refractivity contribution in [3.05, 3.63) is 28.2 Å². The smallest absolute Gasteiger partial charge is 0.249 e. The molecule has 1 aromatic rings. The van der Waals surface area contributed by atoms with Gasteiger partial charge in [-0.3, -0.25) is 4.79 Å². The Morgan fingerprint density at radius 2 is 2.31 bits per heavy atom. The van der Waals surface area contributed by atoms with Gasteiger partial charge in [0.15, 0.2) is 4.90 Å². The van der Waals surface area contributed by atoms with E-state index in [9.17, 15) is 9.35 Å². The van der Waals surface area contributed by atoms with Crippen LogP contribution in [0.15, 0.2) is 27.6 Å². The zero-order chi connectivity index (χ0) is 9.84. The minimum absolute atomic E-state index is 0.427. The highest BCUT2D eigenvalue weighted by Gasteiger charge is 2.13. The van der Waals surface area contributed by atoms with Crippen LogP contribution < -0.4 is 4.72 Å². The molecule has 0 saturated carbocycles. The van der Waals surface area contributed by atoms with Crippen LogP contribution in [0, 0.1) is 6.92 Å². The topological polar surface area (TPSA) is 52.2 Å². The van der Waals surface area contributed by atoms with Gasteiger partial charge in [-0.15, -0.1) is 0 Å². The van der Waals surface area contributed by atoms with Crippen LogP contribution >= 0.6 is 15.9 Å².